The van der Waals surface area contributed by atoms with Crippen molar-refractivity contribution in [3.63, 3.8) is 0 Å². The van der Waals surface area contributed by atoms with Crippen LogP contribution in [0.5, 0.6) is 11.5 Å². The third-order valence-electron chi connectivity index (χ3n) is 4.76. The Morgan fingerprint density at radius 3 is 2.43 bits per heavy atom. The summed E-state index contributed by atoms with van der Waals surface area (Å²) in [7, 11) is 0. The molecular weight excluding hydrogens is 264 g/mol. The maximum atomic E-state index is 9.71. The highest BCUT2D eigenvalue weighted by Crippen LogP contribution is 2.36. The van der Waals surface area contributed by atoms with Crippen LogP contribution in [0.25, 0.3) is 0 Å². The molecule has 116 valence electrons. The van der Waals surface area contributed by atoms with Crippen molar-refractivity contribution < 1.29 is 10.2 Å². The Morgan fingerprint density at radius 1 is 1.14 bits per heavy atom. The van der Waals surface area contributed by atoms with E-state index in [9.17, 15) is 10.2 Å². The quantitative estimate of drug-likeness (QED) is 0.780. The standard InChI is InChI=1S/C17H26N2O2/c1-12(13-8-16(20)10-17(21)9-13)19(15-5-6-15)11-14-4-2-3-7-18-14/h8-10,12,14-15,18,20-21H,2-7,11H2,1H3. The molecule has 0 amide bonds. The van der Waals surface area contributed by atoms with Gasteiger partial charge in [0.05, 0.1) is 0 Å². The van der Waals surface area contributed by atoms with E-state index in [1.807, 2.05) is 0 Å². The highest BCUT2D eigenvalue weighted by molar-refractivity contribution is 5.38. The van der Waals surface area contributed by atoms with Crippen LogP contribution in [0.4, 0.5) is 0 Å². The zero-order valence-electron chi connectivity index (χ0n) is 12.8. The summed E-state index contributed by atoms with van der Waals surface area (Å²) < 4.78 is 0. The zero-order chi connectivity index (χ0) is 14.8. The first kappa shape index (κ1) is 14.7. The molecular formula is C17H26N2O2. The third-order valence-corrected chi connectivity index (χ3v) is 4.76. The van der Waals surface area contributed by atoms with Gasteiger partial charge in [0, 0.05) is 30.7 Å². The van der Waals surface area contributed by atoms with Gasteiger partial charge in [0.15, 0.2) is 0 Å². The number of benzene rings is 1. The second-order valence-corrected chi connectivity index (χ2v) is 6.53. The Hall–Kier alpha value is -1.26. The Morgan fingerprint density at radius 2 is 1.86 bits per heavy atom. The Bertz CT molecular complexity index is 461. The zero-order valence-corrected chi connectivity index (χ0v) is 12.8. The van der Waals surface area contributed by atoms with Crippen LogP contribution >= 0.6 is 0 Å². The van der Waals surface area contributed by atoms with Gasteiger partial charge in [-0.15, -0.1) is 0 Å². The van der Waals surface area contributed by atoms with Gasteiger partial charge < -0.3 is 15.5 Å². The van der Waals surface area contributed by atoms with Crippen molar-refractivity contribution in [1.29, 1.82) is 0 Å². The molecule has 3 rings (SSSR count). The molecule has 2 unspecified atom stereocenters. The van der Waals surface area contributed by atoms with Gasteiger partial charge in [-0.2, -0.15) is 0 Å². The van der Waals surface area contributed by atoms with Crippen LogP contribution in [0, 0.1) is 0 Å². The predicted octanol–water partition coefficient (Wildman–Crippen LogP) is 2.77. The molecule has 1 aliphatic carbocycles. The first-order valence-corrected chi connectivity index (χ1v) is 8.15. The number of nitrogens with zero attached hydrogens (tertiary/aromatic N) is 1. The number of phenolic OH excluding ortho intramolecular Hbond substituents is 2. The van der Waals surface area contributed by atoms with Crippen LogP contribution in [0.1, 0.15) is 50.6 Å². The highest BCUT2D eigenvalue weighted by Gasteiger charge is 2.34. The number of hydrogen-bond acceptors (Lipinski definition) is 4. The Kier molecular flexibility index (Phi) is 4.36. The fourth-order valence-corrected chi connectivity index (χ4v) is 3.41. The van der Waals surface area contributed by atoms with E-state index in [-0.39, 0.29) is 17.5 Å². The van der Waals surface area contributed by atoms with Crippen LogP contribution in [0.2, 0.25) is 0 Å². The van der Waals surface area contributed by atoms with E-state index in [1.54, 1.807) is 12.1 Å². The molecule has 1 aliphatic heterocycles. The molecule has 2 fully saturated rings. The molecule has 1 saturated carbocycles. The van der Waals surface area contributed by atoms with Gasteiger partial charge in [-0.1, -0.05) is 6.42 Å². The Labute approximate surface area is 126 Å². The second kappa shape index (κ2) is 6.24. The summed E-state index contributed by atoms with van der Waals surface area (Å²) in [4.78, 5) is 2.54. The minimum Gasteiger partial charge on any atom is -0.508 e. The molecule has 2 atom stereocenters. The number of nitrogens with one attached hydrogen (secondary N) is 1. The van der Waals surface area contributed by atoms with Crippen molar-refractivity contribution in [3.05, 3.63) is 23.8 Å². The molecule has 0 bridgehead atoms. The maximum Gasteiger partial charge on any atom is 0.119 e. The van der Waals surface area contributed by atoms with E-state index in [4.69, 9.17) is 0 Å². The van der Waals surface area contributed by atoms with Crippen molar-refractivity contribution in [3.8, 4) is 11.5 Å². The second-order valence-electron chi connectivity index (χ2n) is 6.53. The average Bonchev–Trinajstić information content (AvgIpc) is 3.29. The number of piperidine rings is 1. The third kappa shape index (κ3) is 3.69. The SMILES string of the molecule is CC(c1cc(O)cc(O)c1)N(CC1CCCCN1)C1CC1. The highest BCUT2D eigenvalue weighted by atomic mass is 16.3. The number of phenols is 2. The van der Waals surface area contributed by atoms with E-state index in [1.165, 1.54) is 38.2 Å². The summed E-state index contributed by atoms with van der Waals surface area (Å²) in [5.41, 5.74) is 0.996. The molecule has 1 aromatic carbocycles. The van der Waals surface area contributed by atoms with Crippen LogP contribution in [-0.4, -0.2) is 40.3 Å². The van der Waals surface area contributed by atoms with Crippen LogP contribution < -0.4 is 5.32 Å². The van der Waals surface area contributed by atoms with Crippen molar-refractivity contribution in [1.82, 2.24) is 10.2 Å². The maximum absolute atomic E-state index is 9.71. The van der Waals surface area contributed by atoms with Crippen molar-refractivity contribution >= 4 is 0 Å². The molecule has 2 aliphatic rings. The fourth-order valence-electron chi connectivity index (χ4n) is 3.41. The van der Waals surface area contributed by atoms with E-state index in [2.05, 4.69) is 17.1 Å². The average molecular weight is 290 g/mol. The first-order chi connectivity index (χ1) is 10.1. The summed E-state index contributed by atoms with van der Waals surface area (Å²) in [6.45, 7) is 4.36. The largest absolute Gasteiger partial charge is 0.508 e. The molecule has 0 aromatic heterocycles. The van der Waals surface area contributed by atoms with E-state index in [0.29, 0.717) is 12.1 Å². The lowest BCUT2D eigenvalue weighted by Gasteiger charge is -2.35. The molecule has 4 nitrogen and oxygen atoms in total. The number of hydrogen-bond donors (Lipinski definition) is 3. The first-order valence-electron chi connectivity index (χ1n) is 8.15. The molecule has 4 heteroatoms. The van der Waals surface area contributed by atoms with E-state index >= 15 is 0 Å². The smallest absolute Gasteiger partial charge is 0.119 e. The number of rotatable bonds is 5. The molecule has 1 aromatic rings. The summed E-state index contributed by atoms with van der Waals surface area (Å²) in [6.07, 6.45) is 6.39. The van der Waals surface area contributed by atoms with Gasteiger partial charge in [0.1, 0.15) is 11.5 Å². The fraction of sp³-hybridized carbons (Fsp3) is 0.647. The van der Waals surface area contributed by atoms with Crippen LogP contribution in [0.3, 0.4) is 0 Å². The molecule has 21 heavy (non-hydrogen) atoms. The van der Waals surface area contributed by atoms with Gasteiger partial charge in [0.2, 0.25) is 0 Å². The number of aromatic hydroxyl groups is 2. The monoisotopic (exact) mass is 290 g/mol. The summed E-state index contributed by atoms with van der Waals surface area (Å²) >= 11 is 0. The lowest BCUT2D eigenvalue weighted by molar-refractivity contribution is 0.166. The minimum atomic E-state index is 0.142. The van der Waals surface area contributed by atoms with Crippen LogP contribution in [0.15, 0.2) is 18.2 Å². The molecule has 0 spiro atoms. The lowest BCUT2D eigenvalue weighted by Crippen LogP contribution is -2.45. The topological polar surface area (TPSA) is 55.7 Å². The molecule has 1 heterocycles. The van der Waals surface area contributed by atoms with Gasteiger partial charge in [-0.05, 0) is 56.8 Å². The van der Waals surface area contributed by atoms with Gasteiger partial charge in [-0.3, -0.25) is 4.90 Å². The van der Waals surface area contributed by atoms with E-state index < -0.39 is 0 Å². The van der Waals surface area contributed by atoms with Crippen molar-refractivity contribution in [2.75, 3.05) is 13.1 Å². The van der Waals surface area contributed by atoms with E-state index in [0.717, 1.165) is 18.7 Å². The molecule has 1 saturated heterocycles. The van der Waals surface area contributed by atoms with Gasteiger partial charge >= 0.3 is 0 Å². The molecule has 0 radical (unpaired) electrons. The summed E-state index contributed by atoms with van der Waals surface area (Å²) in [5, 5.41) is 23.0. The summed E-state index contributed by atoms with van der Waals surface area (Å²) in [5.74, 6) is 0.284. The van der Waals surface area contributed by atoms with Gasteiger partial charge in [0.25, 0.3) is 0 Å². The van der Waals surface area contributed by atoms with Crippen LogP contribution in [-0.2, 0) is 0 Å². The Balaban J connectivity index is 1.73. The predicted molar refractivity (Wildman–Crippen MR) is 83.6 cm³/mol. The normalized spacial score (nSPS) is 24.2. The van der Waals surface area contributed by atoms with Crippen molar-refractivity contribution in [2.24, 2.45) is 0 Å². The summed E-state index contributed by atoms with van der Waals surface area (Å²) in [6, 6.07) is 6.39. The van der Waals surface area contributed by atoms with Crippen molar-refractivity contribution in [2.45, 2.75) is 57.2 Å². The lowest BCUT2D eigenvalue weighted by atomic mass is 10.0. The minimum absolute atomic E-state index is 0.142. The van der Waals surface area contributed by atoms with Gasteiger partial charge in [-0.25, -0.2) is 0 Å². The molecule has 3 N–H and O–H groups in total.